The van der Waals surface area contributed by atoms with Gasteiger partial charge < -0.3 is 5.32 Å². The third-order valence-corrected chi connectivity index (χ3v) is 3.77. The molecule has 0 amide bonds. The van der Waals surface area contributed by atoms with Crippen molar-refractivity contribution < 1.29 is 0 Å². The largest absolute Gasteiger partial charge is 0.316 e. The number of nitrogens with zero attached hydrogens (tertiary/aromatic N) is 1. The monoisotopic (exact) mass is 218 g/mol. The van der Waals surface area contributed by atoms with E-state index in [-0.39, 0.29) is 0 Å². The van der Waals surface area contributed by atoms with Gasteiger partial charge in [0.1, 0.15) is 0 Å². The lowest BCUT2D eigenvalue weighted by molar-refractivity contribution is 0.355. The van der Waals surface area contributed by atoms with E-state index in [2.05, 4.69) is 43.3 Å². The Morgan fingerprint density at radius 2 is 2.19 bits per heavy atom. The predicted octanol–water partition coefficient (Wildman–Crippen LogP) is 2.57. The molecule has 1 fully saturated rings. The zero-order valence-corrected chi connectivity index (χ0v) is 10.5. The molecule has 0 saturated heterocycles. The SMILES string of the molecule is CNC(Cc1ccc(C)cn1)C(C)C1CC1. The first-order chi connectivity index (χ1) is 7.70. The van der Waals surface area contributed by atoms with Crippen LogP contribution in [0.15, 0.2) is 18.3 Å². The van der Waals surface area contributed by atoms with E-state index in [1.807, 2.05) is 6.20 Å². The number of hydrogen-bond donors (Lipinski definition) is 1. The lowest BCUT2D eigenvalue weighted by Gasteiger charge is -2.23. The lowest BCUT2D eigenvalue weighted by atomic mass is 9.93. The summed E-state index contributed by atoms with van der Waals surface area (Å²) >= 11 is 0. The summed E-state index contributed by atoms with van der Waals surface area (Å²) in [5.41, 5.74) is 2.44. The highest BCUT2D eigenvalue weighted by molar-refractivity contribution is 5.13. The number of nitrogens with one attached hydrogen (secondary N) is 1. The van der Waals surface area contributed by atoms with Crippen LogP contribution in [0.4, 0.5) is 0 Å². The van der Waals surface area contributed by atoms with Gasteiger partial charge in [0.2, 0.25) is 0 Å². The minimum Gasteiger partial charge on any atom is -0.316 e. The minimum atomic E-state index is 0.572. The van der Waals surface area contributed by atoms with Crippen molar-refractivity contribution in [2.24, 2.45) is 11.8 Å². The van der Waals surface area contributed by atoms with Crippen LogP contribution in [0, 0.1) is 18.8 Å². The first kappa shape index (κ1) is 11.6. The molecule has 1 heterocycles. The second-order valence-electron chi connectivity index (χ2n) is 5.12. The Labute approximate surface area is 98.5 Å². The van der Waals surface area contributed by atoms with Crippen molar-refractivity contribution in [2.75, 3.05) is 7.05 Å². The van der Waals surface area contributed by atoms with E-state index in [0.717, 1.165) is 18.3 Å². The van der Waals surface area contributed by atoms with E-state index < -0.39 is 0 Å². The van der Waals surface area contributed by atoms with Gasteiger partial charge in [0, 0.05) is 24.4 Å². The van der Waals surface area contributed by atoms with Gasteiger partial charge in [-0.2, -0.15) is 0 Å². The Morgan fingerprint density at radius 3 is 2.69 bits per heavy atom. The molecule has 2 rings (SSSR count). The minimum absolute atomic E-state index is 0.572. The second-order valence-corrected chi connectivity index (χ2v) is 5.12. The quantitative estimate of drug-likeness (QED) is 0.821. The van der Waals surface area contributed by atoms with Gasteiger partial charge in [0.05, 0.1) is 0 Å². The Balaban J connectivity index is 1.97. The molecule has 1 aliphatic carbocycles. The molecule has 88 valence electrons. The summed E-state index contributed by atoms with van der Waals surface area (Å²) in [5.74, 6) is 1.72. The van der Waals surface area contributed by atoms with Crippen LogP contribution in [-0.4, -0.2) is 18.1 Å². The summed E-state index contributed by atoms with van der Waals surface area (Å²) in [6.07, 6.45) is 5.85. The summed E-state index contributed by atoms with van der Waals surface area (Å²) in [7, 11) is 2.07. The van der Waals surface area contributed by atoms with Crippen LogP contribution >= 0.6 is 0 Å². The molecule has 2 nitrogen and oxygen atoms in total. The van der Waals surface area contributed by atoms with E-state index in [1.165, 1.54) is 24.1 Å². The topological polar surface area (TPSA) is 24.9 Å². The zero-order chi connectivity index (χ0) is 11.5. The van der Waals surface area contributed by atoms with Crippen molar-refractivity contribution in [3.63, 3.8) is 0 Å². The van der Waals surface area contributed by atoms with Gasteiger partial charge in [-0.3, -0.25) is 4.98 Å². The standard InChI is InChI=1S/C14H22N2/c1-10-4-7-13(16-9-10)8-14(15-3)11(2)12-5-6-12/h4,7,9,11-12,14-15H,5-6,8H2,1-3H3. The van der Waals surface area contributed by atoms with Gasteiger partial charge in [-0.15, -0.1) is 0 Å². The molecule has 1 aliphatic rings. The molecule has 1 saturated carbocycles. The Bertz CT molecular complexity index is 327. The van der Waals surface area contributed by atoms with E-state index in [1.54, 1.807) is 0 Å². The van der Waals surface area contributed by atoms with Crippen molar-refractivity contribution in [1.29, 1.82) is 0 Å². The average Bonchev–Trinajstić information content (AvgIpc) is 3.11. The summed E-state index contributed by atoms with van der Waals surface area (Å²) in [6.45, 7) is 4.45. The highest BCUT2D eigenvalue weighted by atomic mass is 14.9. The number of likely N-dealkylation sites (N-methyl/N-ethyl adjacent to an activating group) is 1. The first-order valence-electron chi connectivity index (χ1n) is 6.29. The number of rotatable bonds is 5. The molecule has 0 spiro atoms. The zero-order valence-electron chi connectivity index (χ0n) is 10.5. The van der Waals surface area contributed by atoms with Gasteiger partial charge >= 0.3 is 0 Å². The maximum absolute atomic E-state index is 4.49. The van der Waals surface area contributed by atoms with Crippen LogP contribution in [0.5, 0.6) is 0 Å². The number of aryl methyl sites for hydroxylation is 1. The van der Waals surface area contributed by atoms with Gasteiger partial charge in [0.15, 0.2) is 0 Å². The molecule has 2 atom stereocenters. The van der Waals surface area contributed by atoms with E-state index in [4.69, 9.17) is 0 Å². The van der Waals surface area contributed by atoms with E-state index in [0.29, 0.717) is 6.04 Å². The van der Waals surface area contributed by atoms with Crippen LogP contribution in [0.25, 0.3) is 0 Å². The molecule has 0 radical (unpaired) electrons. The Kier molecular flexibility index (Phi) is 3.59. The molecular formula is C14H22N2. The molecule has 2 heteroatoms. The molecular weight excluding hydrogens is 196 g/mol. The molecule has 0 aromatic carbocycles. The average molecular weight is 218 g/mol. The highest BCUT2D eigenvalue weighted by Gasteiger charge is 2.32. The fourth-order valence-electron chi connectivity index (χ4n) is 2.35. The van der Waals surface area contributed by atoms with E-state index >= 15 is 0 Å². The highest BCUT2D eigenvalue weighted by Crippen LogP contribution is 2.38. The molecule has 1 aromatic rings. The number of aromatic nitrogens is 1. The Hall–Kier alpha value is -0.890. The first-order valence-corrected chi connectivity index (χ1v) is 6.29. The van der Waals surface area contributed by atoms with Crippen LogP contribution in [0.2, 0.25) is 0 Å². The van der Waals surface area contributed by atoms with Gasteiger partial charge in [-0.1, -0.05) is 13.0 Å². The maximum atomic E-state index is 4.49. The van der Waals surface area contributed by atoms with Crippen LogP contribution < -0.4 is 5.32 Å². The van der Waals surface area contributed by atoms with Crippen LogP contribution in [0.3, 0.4) is 0 Å². The van der Waals surface area contributed by atoms with Crippen molar-refractivity contribution in [3.05, 3.63) is 29.6 Å². The predicted molar refractivity (Wildman–Crippen MR) is 67.4 cm³/mol. The van der Waals surface area contributed by atoms with Gasteiger partial charge in [-0.25, -0.2) is 0 Å². The maximum Gasteiger partial charge on any atom is 0.0419 e. The summed E-state index contributed by atoms with van der Waals surface area (Å²) in [5, 5.41) is 3.45. The van der Waals surface area contributed by atoms with Crippen LogP contribution in [0.1, 0.15) is 31.0 Å². The number of pyridine rings is 1. The van der Waals surface area contributed by atoms with Crippen molar-refractivity contribution >= 4 is 0 Å². The molecule has 2 unspecified atom stereocenters. The lowest BCUT2D eigenvalue weighted by Crippen LogP contribution is -2.35. The smallest absolute Gasteiger partial charge is 0.0419 e. The van der Waals surface area contributed by atoms with Crippen LogP contribution in [-0.2, 0) is 6.42 Å². The summed E-state index contributed by atoms with van der Waals surface area (Å²) in [6, 6.07) is 4.87. The van der Waals surface area contributed by atoms with Crippen molar-refractivity contribution in [1.82, 2.24) is 10.3 Å². The number of hydrogen-bond acceptors (Lipinski definition) is 2. The van der Waals surface area contributed by atoms with Gasteiger partial charge in [0.25, 0.3) is 0 Å². The van der Waals surface area contributed by atoms with Crippen molar-refractivity contribution in [3.8, 4) is 0 Å². The fraction of sp³-hybridized carbons (Fsp3) is 0.643. The summed E-state index contributed by atoms with van der Waals surface area (Å²) < 4.78 is 0. The summed E-state index contributed by atoms with van der Waals surface area (Å²) in [4.78, 5) is 4.49. The third kappa shape index (κ3) is 2.82. The fourth-order valence-corrected chi connectivity index (χ4v) is 2.35. The van der Waals surface area contributed by atoms with Gasteiger partial charge in [-0.05, 0) is 50.3 Å². The van der Waals surface area contributed by atoms with Crippen molar-refractivity contribution in [2.45, 2.75) is 39.2 Å². The molecule has 16 heavy (non-hydrogen) atoms. The third-order valence-electron chi connectivity index (χ3n) is 3.77. The molecule has 1 aromatic heterocycles. The van der Waals surface area contributed by atoms with E-state index in [9.17, 15) is 0 Å². The molecule has 1 N–H and O–H groups in total. The molecule has 0 aliphatic heterocycles. The normalized spacial score (nSPS) is 19.4. The Morgan fingerprint density at radius 1 is 1.44 bits per heavy atom. The second kappa shape index (κ2) is 4.96. The molecule has 0 bridgehead atoms.